The molecule has 9 nitrogen and oxygen atoms in total. The zero-order chi connectivity index (χ0) is 29.0. The number of carbonyl (C=O) groups is 2. The molecular weight excluding hydrogens is 515 g/mol. The summed E-state index contributed by atoms with van der Waals surface area (Å²) in [7, 11) is 0. The van der Waals surface area contributed by atoms with Crippen molar-refractivity contribution >= 4 is 28.4 Å². The molecule has 2 amide bonds. The van der Waals surface area contributed by atoms with Crippen LogP contribution in [0.2, 0.25) is 0 Å². The zero-order valence-corrected chi connectivity index (χ0v) is 23.1. The Balaban J connectivity index is 1.51. The molecule has 1 saturated carbocycles. The van der Waals surface area contributed by atoms with E-state index in [0.29, 0.717) is 37.5 Å². The Hall–Kier alpha value is -3.79. The molecule has 1 unspecified atom stereocenters. The summed E-state index contributed by atoms with van der Waals surface area (Å²) in [6.07, 6.45) is 9.81. The highest BCUT2D eigenvalue weighted by molar-refractivity contribution is 5.93. The van der Waals surface area contributed by atoms with Crippen LogP contribution in [-0.4, -0.2) is 50.7 Å². The molecule has 1 atom stereocenters. The lowest BCUT2D eigenvalue weighted by molar-refractivity contribution is -0.115. The number of urea groups is 1. The predicted molar refractivity (Wildman–Crippen MR) is 153 cm³/mol. The maximum Gasteiger partial charge on any atom is 0.331 e. The second-order valence-electron chi connectivity index (χ2n) is 11.0. The number of piperidine rings is 1. The Morgan fingerprint density at radius 3 is 2.60 bits per heavy atom. The van der Waals surface area contributed by atoms with Crippen molar-refractivity contribution in [1.29, 1.82) is 0 Å². The van der Waals surface area contributed by atoms with Gasteiger partial charge in [0.2, 0.25) is 0 Å². The molecule has 214 valence electrons. The smallest absolute Gasteiger partial charge is 0.331 e. The molecular formula is C30H37FN4O5. The molecule has 1 aromatic carbocycles. The SMILES string of the molecule is C=C/C(=C\C=C\C(=O)CC1CCCN(C(=O)Nc2cc3c(=O)n(CC4CC4)c(=O)n(C(C)C)c3cc2F)C1)CO. The standard InChI is InChI=1S/C30H37FN4O5/c1-4-20(18-36)7-5-9-23(37)13-22-8-6-12-33(16-22)29(39)32-26-14-24-27(15-25(26)31)35(19(2)3)30(40)34(28(24)38)17-21-10-11-21/h4-5,7,9,14-15,19,21-22,36H,1,6,8,10-13,16-18H2,2-3H3,(H,32,39)/b9-5+,20-7+. The summed E-state index contributed by atoms with van der Waals surface area (Å²) in [5, 5.41) is 11.9. The van der Waals surface area contributed by atoms with Crippen molar-refractivity contribution < 1.29 is 19.1 Å². The third kappa shape index (κ3) is 6.67. The van der Waals surface area contributed by atoms with Crippen LogP contribution in [0.5, 0.6) is 0 Å². The van der Waals surface area contributed by atoms with Crippen LogP contribution in [0, 0.1) is 17.7 Å². The molecule has 40 heavy (non-hydrogen) atoms. The van der Waals surface area contributed by atoms with E-state index in [1.54, 1.807) is 30.9 Å². The van der Waals surface area contributed by atoms with Crippen LogP contribution >= 0.6 is 0 Å². The minimum Gasteiger partial charge on any atom is -0.392 e. The third-order valence-corrected chi connectivity index (χ3v) is 7.49. The number of likely N-dealkylation sites (tertiary alicyclic amines) is 1. The fraction of sp³-hybridized carbons (Fsp3) is 0.467. The molecule has 2 aliphatic rings. The lowest BCUT2D eigenvalue weighted by Crippen LogP contribution is -2.43. The number of halogens is 1. The monoisotopic (exact) mass is 552 g/mol. The van der Waals surface area contributed by atoms with E-state index in [2.05, 4.69) is 11.9 Å². The number of carbonyl (C=O) groups excluding carboxylic acids is 2. The molecule has 0 spiro atoms. The second kappa shape index (κ2) is 12.6. The zero-order valence-electron chi connectivity index (χ0n) is 23.1. The van der Waals surface area contributed by atoms with E-state index in [-0.39, 0.29) is 47.4 Å². The van der Waals surface area contributed by atoms with E-state index in [1.807, 2.05) is 0 Å². The Bertz CT molecular complexity index is 1480. The maximum absolute atomic E-state index is 15.2. The number of aliphatic hydroxyl groups is 1. The fourth-order valence-electron chi connectivity index (χ4n) is 5.14. The number of ketones is 1. The van der Waals surface area contributed by atoms with Gasteiger partial charge in [0.25, 0.3) is 5.56 Å². The summed E-state index contributed by atoms with van der Waals surface area (Å²) < 4.78 is 17.9. The summed E-state index contributed by atoms with van der Waals surface area (Å²) >= 11 is 0. The fourth-order valence-corrected chi connectivity index (χ4v) is 5.14. The second-order valence-corrected chi connectivity index (χ2v) is 11.0. The van der Waals surface area contributed by atoms with Gasteiger partial charge in [-0.3, -0.25) is 18.7 Å². The molecule has 2 aromatic rings. The van der Waals surface area contributed by atoms with E-state index >= 15 is 4.39 Å². The molecule has 2 fully saturated rings. The van der Waals surface area contributed by atoms with Crippen LogP contribution in [0.25, 0.3) is 10.9 Å². The minimum absolute atomic E-state index is 0.0473. The van der Waals surface area contributed by atoms with Gasteiger partial charge in [-0.05, 0) is 69.1 Å². The number of nitrogens with zero attached hydrogens (tertiary/aromatic N) is 3. The van der Waals surface area contributed by atoms with Crippen molar-refractivity contribution in [2.75, 3.05) is 25.0 Å². The van der Waals surface area contributed by atoms with Gasteiger partial charge >= 0.3 is 11.7 Å². The van der Waals surface area contributed by atoms with Crippen molar-refractivity contribution in [2.45, 2.75) is 58.5 Å². The van der Waals surface area contributed by atoms with Crippen LogP contribution in [0.4, 0.5) is 14.9 Å². The molecule has 0 bridgehead atoms. The van der Waals surface area contributed by atoms with Gasteiger partial charge in [0, 0.05) is 38.2 Å². The topological polar surface area (TPSA) is 114 Å². The number of hydrogen-bond acceptors (Lipinski definition) is 5. The summed E-state index contributed by atoms with van der Waals surface area (Å²) in [5.74, 6) is -0.588. The number of rotatable bonds is 10. The lowest BCUT2D eigenvalue weighted by atomic mass is 9.93. The van der Waals surface area contributed by atoms with Crippen LogP contribution in [0.15, 0.2) is 58.2 Å². The first-order valence-corrected chi connectivity index (χ1v) is 13.8. The van der Waals surface area contributed by atoms with E-state index in [4.69, 9.17) is 5.11 Å². The maximum atomic E-state index is 15.2. The third-order valence-electron chi connectivity index (χ3n) is 7.49. The Morgan fingerprint density at radius 2 is 1.95 bits per heavy atom. The average molecular weight is 553 g/mol. The van der Waals surface area contributed by atoms with Gasteiger partial charge in [-0.15, -0.1) is 0 Å². The quantitative estimate of drug-likeness (QED) is 0.340. The number of benzene rings is 1. The first-order chi connectivity index (χ1) is 19.1. The summed E-state index contributed by atoms with van der Waals surface area (Å²) in [6, 6.07) is 1.66. The van der Waals surface area contributed by atoms with Crippen LogP contribution < -0.4 is 16.6 Å². The van der Waals surface area contributed by atoms with Gasteiger partial charge in [0.1, 0.15) is 5.82 Å². The highest BCUT2D eigenvalue weighted by Crippen LogP contribution is 2.30. The molecule has 2 heterocycles. The van der Waals surface area contributed by atoms with Crippen molar-refractivity contribution in [2.24, 2.45) is 11.8 Å². The lowest BCUT2D eigenvalue weighted by Gasteiger charge is -2.32. The predicted octanol–water partition coefficient (Wildman–Crippen LogP) is 4.16. The average Bonchev–Trinajstić information content (AvgIpc) is 3.74. The van der Waals surface area contributed by atoms with Crippen LogP contribution in [0.1, 0.15) is 52.0 Å². The van der Waals surface area contributed by atoms with Crippen molar-refractivity contribution in [3.63, 3.8) is 0 Å². The Morgan fingerprint density at radius 1 is 1.20 bits per heavy atom. The Labute approximate surface area is 232 Å². The molecule has 1 saturated heterocycles. The normalized spacial score (nSPS) is 18.1. The van der Waals surface area contributed by atoms with E-state index in [9.17, 15) is 19.2 Å². The number of aliphatic hydroxyl groups excluding tert-OH is 1. The van der Waals surface area contributed by atoms with E-state index in [1.165, 1.54) is 27.4 Å². The highest BCUT2D eigenvalue weighted by Gasteiger charge is 2.27. The van der Waals surface area contributed by atoms with Gasteiger partial charge in [0.15, 0.2) is 5.78 Å². The van der Waals surface area contributed by atoms with Crippen LogP contribution in [0.3, 0.4) is 0 Å². The van der Waals surface area contributed by atoms with Gasteiger partial charge in [-0.25, -0.2) is 14.0 Å². The van der Waals surface area contributed by atoms with E-state index < -0.39 is 23.1 Å². The number of hydrogen-bond donors (Lipinski definition) is 2. The molecule has 4 rings (SSSR count). The number of aromatic nitrogens is 2. The number of anilines is 1. The van der Waals surface area contributed by atoms with Gasteiger partial charge in [-0.1, -0.05) is 24.8 Å². The van der Waals surface area contributed by atoms with Gasteiger partial charge in [-0.2, -0.15) is 0 Å². The summed E-state index contributed by atoms with van der Waals surface area (Å²) in [5.41, 5.74) is -0.273. The van der Waals surface area contributed by atoms with Crippen molar-refractivity contribution in [1.82, 2.24) is 14.0 Å². The molecule has 10 heteroatoms. The summed E-state index contributed by atoms with van der Waals surface area (Å²) in [4.78, 5) is 53.4. The number of amides is 2. The number of allylic oxidation sites excluding steroid dienone is 3. The van der Waals surface area contributed by atoms with Crippen molar-refractivity contribution in [3.8, 4) is 0 Å². The number of nitrogens with one attached hydrogen (secondary N) is 1. The molecule has 1 aromatic heterocycles. The largest absolute Gasteiger partial charge is 0.392 e. The molecule has 1 aliphatic heterocycles. The first kappa shape index (κ1) is 29.2. The van der Waals surface area contributed by atoms with Crippen LogP contribution in [-0.2, 0) is 11.3 Å². The molecule has 0 radical (unpaired) electrons. The van der Waals surface area contributed by atoms with Gasteiger partial charge < -0.3 is 15.3 Å². The van der Waals surface area contributed by atoms with Crippen molar-refractivity contribution in [3.05, 3.63) is 75.2 Å². The first-order valence-electron chi connectivity index (χ1n) is 13.8. The number of fused-ring (bicyclic) bond motifs is 1. The van der Waals surface area contributed by atoms with E-state index in [0.717, 1.165) is 25.3 Å². The molecule has 2 N–H and O–H groups in total. The Kier molecular flexibility index (Phi) is 9.19. The summed E-state index contributed by atoms with van der Waals surface area (Å²) in [6.45, 7) is 8.16. The minimum atomic E-state index is -0.738. The van der Waals surface area contributed by atoms with Gasteiger partial charge in [0.05, 0.1) is 23.2 Å². The molecule has 1 aliphatic carbocycles. The highest BCUT2D eigenvalue weighted by atomic mass is 19.1.